The van der Waals surface area contributed by atoms with E-state index >= 15 is 0 Å². The molecule has 0 aromatic heterocycles. The Labute approximate surface area is 181 Å². The van der Waals surface area contributed by atoms with Crippen LogP contribution in [0.2, 0.25) is 0 Å². The van der Waals surface area contributed by atoms with E-state index in [1.807, 2.05) is 49.4 Å². The zero-order chi connectivity index (χ0) is 20.8. The Morgan fingerprint density at radius 3 is 1.43 bits per heavy atom. The molecule has 0 radical (unpaired) electrons. The van der Waals surface area contributed by atoms with E-state index in [1.165, 1.54) is 15.9 Å². The van der Waals surface area contributed by atoms with Gasteiger partial charge in [0.05, 0.1) is 4.90 Å². The molecule has 0 N–H and O–H groups in total. The number of rotatable bonds is 7. The lowest BCUT2D eigenvalue weighted by molar-refractivity contribution is 0.420. The van der Waals surface area contributed by atoms with Gasteiger partial charge < -0.3 is 0 Å². The topological polar surface area (TPSA) is 26.3 Å². The van der Waals surface area contributed by atoms with Crippen LogP contribution in [-0.2, 0) is 15.3 Å². The van der Waals surface area contributed by atoms with Gasteiger partial charge in [0.15, 0.2) is 17.4 Å². The summed E-state index contributed by atoms with van der Waals surface area (Å²) in [4.78, 5) is 0.688. The molecule has 0 aliphatic heterocycles. The highest BCUT2D eigenvalue weighted by molar-refractivity contribution is 7.96. The molecule has 4 rings (SSSR count). The van der Waals surface area contributed by atoms with E-state index in [9.17, 15) is 4.21 Å². The summed E-state index contributed by atoms with van der Waals surface area (Å²) in [6.45, 7) is 2.02. The zero-order valence-corrected chi connectivity index (χ0v) is 18.6. The number of benzene rings is 4. The second-order valence-electron chi connectivity index (χ2n) is 7.11. The third kappa shape index (κ3) is 4.29. The van der Waals surface area contributed by atoms with Crippen LogP contribution in [0.4, 0.5) is 0 Å². The monoisotopic (exact) mass is 431 g/mol. The number of aryl methyl sites for hydroxylation is 1. The van der Waals surface area contributed by atoms with Gasteiger partial charge in [0.2, 0.25) is 0 Å². The van der Waals surface area contributed by atoms with Gasteiger partial charge in [0, 0.05) is 0 Å². The van der Waals surface area contributed by atoms with Crippen molar-refractivity contribution in [2.75, 3.05) is 6.35 Å². The Balaban J connectivity index is 1.80. The minimum Gasteiger partial charge on any atom is -0.247 e. The highest BCUT2D eigenvalue weighted by Gasteiger charge is 2.46. The molecule has 0 aliphatic rings. The molecule has 4 aromatic carbocycles. The quantitative estimate of drug-likeness (QED) is 0.386. The SMILES string of the molecule is Cc1ccc(S(=O)OC[P+](c2ccccc2)(c2ccccc2)c2ccccc2)cc1. The molecule has 1 atom stereocenters. The van der Waals surface area contributed by atoms with E-state index in [4.69, 9.17) is 4.18 Å². The Bertz CT molecular complexity index is 1000. The van der Waals surface area contributed by atoms with Gasteiger partial charge in [0.25, 0.3) is 0 Å². The van der Waals surface area contributed by atoms with Gasteiger partial charge >= 0.3 is 0 Å². The fraction of sp³-hybridized carbons (Fsp3) is 0.0769. The van der Waals surface area contributed by atoms with E-state index < -0.39 is 18.3 Å². The molecular weight excluding hydrogens is 407 g/mol. The summed E-state index contributed by atoms with van der Waals surface area (Å²) in [5, 5.41) is 3.63. The molecule has 0 saturated heterocycles. The summed E-state index contributed by atoms with van der Waals surface area (Å²) in [5.41, 5.74) is 1.13. The molecule has 4 heteroatoms. The van der Waals surface area contributed by atoms with Crippen molar-refractivity contribution in [3.05, 3.63) is 121 Å². The molecule has 0 saturated carbocycles. The van der Waals surface area contributed by atoms with E-state index in [2.05, 4.69) is 72.8 Å². The average Bonchev–Trinajstić information content (AvgIpc) is 2.82. The van der Waals surface area contributed by atoms with Crippen molar-refractivity contribution in [2.45, 2.75) is 11.8 Å². The molecule has 0 amide bonds. The Hall–Kier alpha value is -2.58. The standard InChI is InChI=1S/C26H24O2PS/c1-22-17-19-26(20-18-22)30(27)28-21-29(23-11-5-2-6-12-23,24-13-7-3-8-14-24)25-15-9-4-10-16-25/h2-20H,21H2,1H3/q+1. The third-order valence-corrected chi connectivity index (χ3v) is 10.4. The van der Waals surface area contributed by atoms with Gasteiger partial charge in [-0.3, -0.25) is 0 Å². The Morgan fingerprint density at radius 2 is 1.03 bits per heavy atom. The summed E-state index contributed by atoms with van der Waals surface area (Å²) >= 11 is -1.53. The lowest BCUT2D eigenvalue weighted by Crippen LogP contribution is -2.34. The van der Waals surface area contributed by atoms with Crippen molar-refractivity contribution >= 4 is 34.3 Å². The van der Waals surface area contributed by atoms with Crippen molar-refractivity contribution in [2.24, 2.45) is 0 Å². The van der Waals surface area contributed by atoms with Crippen LogP contribution < -0.4 is 15.9 Å². The minimum atomic E-state index is -2.15. The highest BCUT2D eigenvalue weighted by atomic mass is 32.2. The maximum atomic E-state index is 13.0. The lowest BCUT2D eigenvalue weighted by Gasteiger charge is -2.26. The fourth-order valence-electron chi connectivity index (χ4n) is 3.56. The first kappa shape index (κ1) is 20.7. The molecule has 0 bridgehead atoms. The third-order valence-electron chi connectivity index (χ3n) is 5.16. The normalized spacial score (nSPS) is 12.4. The molecule has 0 heterocycles. The molecule has 30 heavy (non-hydrogen) atoms. The minimum absolute atomic E-state index is 0.367. The lowest BCUT2D eigenvalue weighted by atomic mass is 10.2. The largest absolute Gasteiger partial charge is 0.247 e. The summed E-state index contributed by atoms with van der Waals surface area (Å²) in [6.07, 6.45) is 0.367. The van der Waals surface area contributed by atoms with E-state index in [1.54, 1.807) is 0 Å². The van der Waals surface area contributed by atoms with Crippen molar-refractivity contribution in [1.82, 2.24) is 0 Å². The van der Waals surface area contributed by atoms with E-state index in [0.29, 0.717) is 11.2 Å². The second kappa shape index (κ2) is 9.49. The van der Waals surface area contributed by atoms with Gasteiger partial charge in [-0.15, -0.1) is 0 Å². The van der Waals surface area contributed by atoms with Gasteiger partial charge in [-0.25, -0.2) is 8.39 Å². The van der Waals surface area contributed by atoms with Crippen LogP contribution in [0.5, 0.6) is 0 Å². The molecule has 4 aromatic rings. The van der Waals surface area contributed by atoms with Gasteiger partial charge in [-0.2, -0.15) is 0 Å². The van der Waals surface area contributed by atoms with Crippen molar-refractivity contribution in [1.29, 1.82) is 0 Å². The summed E-state index contributed by atoms with van der Waals surface area (Å²) in [7, 11) is -2.15. The Kier molecular flexibility index (Phi) is 6.54. The van der Waals surface area contributed by atoms with Crippen LogP contribution in [0.25, 0.3) is 0 Å². The fourth-order valence-corrected chi connectivity index (χ4v) is 8.46. The molecule has 1 unspecified atom stereocenters. The van der Waals surface area contributed by atoms with Crippen molar-refractivity contribution < 1.29 is 8.39 Å². The van der Waals surface area contributed by atoms with E-state index in [-0.39, 0.29) is 0 Å². The molecule has 150 valence electrons. The average molecular weight is 432 g/mol. The molecular formula is C26H24O2PS+. The predicted octanol–water partition coefficient (Wildman–Crippen LogP) is 4.99. The molecule has 0 aliphatic carbocycles. The summed E-state index contributed by atoms with van der Waals surface area (Å²) in [5.74, 6) is 0. The predicted molar refractivity (Wildman–Crippen MR) is 129 cm³/mol. The summed E-state index contributed by atoms with van der Waals surface area (Å²) in [6, 6.07) is 39.1. The first-order valence-corrected chi connectivity index (χ1v) is 12.9. The number of hydrogen-bond donors (Lipinski definition) is 0. The molecule has 0 fully saturated rings. The maximum absolute atomic E-state index is 13.0. The number of hydrogen-bond acceptors (Lipinski definition) is 2. The first-order valence-electron chi connectivity index (χ1n) is 9.87. The van der Waals surface area contributed by atoms with Gasteiger partial charge in [-0.1, -0.05) is 72.3 Å². The van der Waals surface area contributed by atoms with Crippen LogP contribution in [0.15, 0.2) is 120 Å². The van der Waals surface area contributed by atoms with Crippen molar-refractivity contribution in [3.63, 3.8) is 0 Å². The molecule has 2 nitrogen and oxygen atoms in total. The van der Waals surface area contributed by atoms with Crippen molar-refractivity contribution in [3.8, 4) is 0 Å². The van der Waals surface area contributed by atoms with Crippen LogP contribution in [0, 0.1) is 6.92 Å². The van der Waals surface area contributed by atoms with Crippen LogP contribution in [0.1, 0.15) is 5.56 Å². The highest BCUT2D eigenvalue weighted by Crippen LogP contribution is 2.55. The maximum Gasteiger partial charge on any atom is 0.192 e. The second-order valence-corrected chi connectivity index (χ2v) is 11.7. The summed E-state index contributed by atoms with van der Waals surface area (Å²) < 4.78 is 19.1. The first-order chi connectivity index (χ1) is 14.7. The van der Waals surface area contributed by atoms with Crippen LogP contribution >= 0.6 is 7.26 Å². The van der Waals surface area contributed by atoms with Crippen LogP contribution in [0.3, 0.4) is 0 Å². The smallest absolute Gasteiger partial charge is 0.192 e. The van der Waals surface area contributed by atoms with E-state index in [0.717, 1.165) is 5.56 Å². The Morgan fingerprint density at radius 1 is 0.633 bits per heavy atom. The molecule has 0 spiro atoms. The van der Waals surface area contributed by atoms with Gasteiger partial charge in [0.1, 0.15) is 23.2 Å². The van der Waals surface area contributed by atoms with Crippen LogP contribution in [-0.4, -0.2) is 10.6 Å². The zero-order valence-electron chi connectivity index (χ0n) is 16.8. The van der Waals surface area contributed by atoms with Gasteiger partial charge in [-0.05, 0) is 55.5 Å².